The molecule has 9 nitrogen and oxygen atoms in total. The number of benzene rings is 1. The number of nitrogens with zero attached hydrogens (tertiary/aromatic N) is 2. The van der Waals surface area contributed by atoms with E-state index in [1.165, 1.54) is 5.56 Å². The highest BCUT2D eigenvalue weighted by Gasteiger charge is 2.46. The molecule has 1 aromatic rings. The number of hydrogen-bond donors (Lipinski definition) is 3. The Kier molecular flexibility index (Phi) is 7.38. The lowest BCUT2D eigenvalue weighted by Crippen LogP contribution is -2.62. The SMILES string of the molecule is CCC(=O)N[C@H]1CN(C(=O)NC)CC[C@H]2CCC(C(=O)NC3CC(c4ccccc4)C3)N2C1=O. The van der Waals surface area contributed by atoms with E-state index in [1.54, 1.807) is 23.8 Å². The van der Waals surface area contributed by atoms with Crippen molar-refractivity contribution in [3.8, 4) is 0 Å². The fraction of sp³-hybridized carbons (Fsp3) is 0.600. The van der Waals surface area contributed by atoms with Gasteiger partial charge in [0.2, 0.25) is 17.7 Å². The van der Waals surface area contributed by atoms with Crippen molar-refractivity contribution in [3.63, 3.8) is 0 Å². The van der Waals surface area contributed by atoms with E-state index in [0.717, 1.165) is 12.8 Å². The smallest absolute Gasteiger partial charge is 0.317 e. The molecule has 0 aromatic heterocycles. The van der Waals surface area contributed by atoms with Gasteiger partial charge in [0.15, 0.2) is 0 Å². The minimum absolute atomic E-state index is 0.0865. The van der Waals surface area contributed by atoms with Crippen molar-refractivity contribution in [2.24, 2.45) is 0 Å². The Morgan fingerprint density at radius 3 is 2.44 bits per heavy atom. The Morgan fingerprint density at radius 2 is 1.76 bits per heavy atom. The van der Waals surface area contributed by atoms with Gasteiger partial charge in [-0.3, -0.25) is 14.4 Å². The lowest BCUT2D eigenvalue weighted by molar-refractivity contribution is -0.145. The van der Waals surface area contributed by atoms with Gasteiger partial charge >= 0.3 is 6.03 Å². The van der Waals surface area contributed by atoms with Crippen molar-refractivity contribution >= 4 is 23.8 Å². The molecular formula is C25H35N5O4. The molecule has 3 fully saturated rings. The van der Waals surface area contributed by atoms with Crippen LogP contribution in [0.2, 0.25) is 0 Å². The van der Waals surface area contributed by atoms with Crippen LogP contribution < -0.4 is 16.0 Å². The van der Waals surface area contributed by atoms with Crippen molar-refractivity contribution in [1.29, 1.82) is 0 Å². The van der Waals surface area contributed by atoms with Crippen LogP contribution in [0.5, 0.6) is 0 Å². The van der Waals surface area contributed by atoms with Gasteiger partial charge in [-0.1, -0.05) is 37.3 Å². The van der Waals surface area contributed by atoms with Crippen molar-refractivity contribution in [2.45, 2.75) is 75.5 Å². The summed E-state index contributed by atoms with van der Waals surface area (Å²) in [4.78, 5) is 54.5. The highest BCUT2D eigenvalue weighted by atomic mass is 16.2. The maximum Gasteiger partial charge on any atom is 0.317 e. The largest absolute Gasteiger partial charge is 0.352 e. The fourth-order valence-corrected chi connectivity index (χ4v) is 5.41. The van der Waals surface area contributed by atoms with Crippen LogP contribution in [0, 0.1) is 0 Å². The van der Waals surface area contributed by atoms with Gasteiger partial charge in [0.25, 0.3) is 0 Å². The molecule has 1 saturated carbocycles. The lowest BCUT2D eigenvalue weighted by Gasteiger charge is -2.40. The van der Waals surface area contributed by atoms with Crippen LogP contribution in [-0.2, 0) is 14.4 Å². The molecule has 3 N–H and O–H groups in total. The Bertz CT molecular complexity index is 917. The van der Waals surface area contributed by atoms with Crippen molar-refractivity contribution in [3.05, 3.63) is 35.9 Å². The van der Waals surface area contributed by atoms with Crippen LogP contribution in [0.1, 0.15) is 56.9 Å². The predicted molar refractivity (Wildman–Crippen MR) is 127 cm³/mol. The second-order valence-electron chi connectivity index (χ2n) is 9.54. The third kappa shape index (κ3) is 5.03. The Morgan fingerprint density at radius 1 is 1.03 bits per heavy atom. The number of amides is 5. The molecule has 1 aromatic carbocycles. The molecule has 0 radical (unpaired) electrons. The minimum Gasteiger partial charge on any atom is -0.352 e. The first kappa shape index (κ1) is 24.0. The Balaban J connectivity index is 1.43. The van der Waals surface area contributed by atoms with Crippen LogP contribution in [-0.4, -0.2) is 77.9 Å². The molecule has 3 atom stereocenters. The van der Waals surface area contributed by atoms with Gasteiger partial charge in [0.05, 0.1) is 6.54 Å². The zero-order valence-electron chi connectivity index (χ0n) is 20.0. The summed E-state index contributed by atoms with van der Waals surface area (Å²) in [6.07, 6.45) is 3.94. The standard InChI is InChI=1S/C25H35N5O4/c1-3-22(31)28-20-15-29(25(34)26-2)12-11-19-9-10-21(30(19)24(20)33)23(32)27-18-13-17(14-18)16-7-5-4-6-8-16/h4-8,17-21H,3,9-15H2,1-2H3,(H,26,34)(H,27,32)(H,28,31)/t17?,18?,19-,20+,21?/m1/s1. The fourth-order valence-electron chi connectivity index (χ4n) is 5.41. The average Bonchev–Trinajstić information content (AvgIpc) is 3.24. The maximum absolute atomic E-state index is 13.6. The number of fused-ring (bicyclic) bond motifs is 1. The number of urea groups is 1. The van der Waals surface area contributed by atoms with Gasteiger partial charge in [-0.2, -0.15) is 0 Å². The number of rotatable bonds is 5. The molecule has 9 heteroatoms. The van der Waals surface area contributed by atoms with E-state index in [0.29, 0.717) is 31.7 Å². The lowest BCUT2D eigenvalue weighted by atomic mass is 9.76. The van der Waals surface area contributed by atoms with E-state index in [1.807, 2.05) is 18.2 Å². The van der Waals surface area contributed by atoms with Gasteiger partial charge < -0.3 is 25.8 Å². The summed E-state index contributed by atoms with van der Waals surface area (Å²) in [5.74, 6) is -0.199. The quantitative estimate of drug-likeness (QED) is 0.605. The van der Waals surface area contributed by atoms with E-state index < -0.39 is 12.1 Å². The molecule has 184 valence electrons. The third-order valence-corrected chi connectivity index (χ3v) is 7.41. The highest BCUT2D eigenvalue weighted by Crippen LogP contribution is 2.37. The molecule has 2 aliphatic heterocycles. The second-order valence-corrected chi connectivity index (χ2v) is 9.54. The molecular weight excluding hydrogens is 434 g/mol. The first-order valence-electron chi connectivity index (χ1n) is 12.3. The van der Waals surface area contributed by atoms with Crippen LogP contribution in [0.3, 0.4) is 0 Å². The molecule has 2 heterocycles. The molecule has 3 aliphatic rings. The Labute approximate surface area is 200 Å². The van der Waals surface area contributed by atoms with E-state index >= 15 is 0 Å². The summed E-state index contributed by atoms with van der Waals surface area (Å²) in [5, 5.41) is 8.53. The first-order chi connectivity index (χ1) is 16.4. The normalized spacial score (nSPS) is 28.8. The minimum atomic E-state index is -0.868. The molecule has 4 rings (SSSR count). The molecule has 1 aliphatic carbocycles. The summed E-state index contributed by atoms with van der Waals surface area (Å²) < 4.78 is 0. The molecule has 0 spiro atoms. The number of nitrogens with one attached hydrogen (secondary N) is 3. The van der Waals surface area contributed by atoms with E-state index in [-0.39, 0.29) is 48.8 Å². The topological polar surface area (TPSA) is 111 Å². The van der Waals surface area contributed by atoms with E-state index in [9.17, 15) is 19.2 Å². The molecule has 34 heavy (non-hydrogen) atoms. The average molecular weight is 470 g/mol. The Hall–Kier alpha value is -3.10. The molecule has 1 unspecified atom stereocenters. The van der Waals surface area contributed by atoms with Gasteiger partial charge in [0.1, 0.15) is 12.1 Å². The van der Waals surface area contributed by atoms with Crippen molar-refractivity contribution in [2.75, 3.05) is 20.1 Å². The maximum atomic E-state index is 13.6. The van der Waals surface area contributed by atoms with Gasteiger partial charge in [-0.05, 0) is 43.6 Å². The zero-order chi connectivity index (χ0) is 24.2. The molecule has 2 saturated heterocycles. The summed E-state index contributed by atoms with van der Waals surface area (Å²) >= 11 is 0. The predicted octanol–water partition coefficient (Wildman–Crippen LogP) is 1.35. The monoisotopic (exact) mass is 469 g/mol. The second kappa shape index (κ2) is 10.4. The van der Waals surface area contributed by atoms with Crippen molar-refractivity contribution < 1.29 is 19.2 Å². The van der Waals surface area contributed by atoms with Gasteiger partial charge in [0, 0.05) is 32.1 Å². The van der Waals surface area contributed by atoms with E-state index in [2.05, 4.69) is 28.1 Å². The van der Waals surface area contributed by atoms with E-state index in [4.69, 9.17) is 0 Å². The van der Waals surface area contributed by atoms with Crippen molar-refractivity contribution in [1.82, 2.24) is 25.8 Å². The van der Waals surface area contributed by atoms with Crippen LogP contribution in [0.4, 0.5) is 4.79 Å². The zero-order valence-corrected chi connectivity index (χ0v) is 20.0. The first-order valence-corrected chi connectivity index (χ1v) is 12.3. The number of carbonyl (C=O) groups excluding carboxylic acids is 4. The van der Waals surface area contributed by atoms with Gasteiger partial charge in [-0.25, -0.2) is 4.79 Å². The summed E-state index contributed by atoms with van der Waals surface area (Å²) in [6.45, 7) is 2.26. The van der Waals surface area contributed by atoms with Gasteiger partial charge in [-0.15, -0.1) is 0 Å². The number of carbonyl (C=O) groups is 4. The highest BCUT2D eigenvalue weighted by molar-refractivity contribution is 5.93. The summed E-state index contributed by atoms with van der Waals surface area (Å²) in [6, 6.07) is 8.61. The summed E-state index contributed by atoms with van der Waals surface area (Å²) in [7, 11) is 1.55. The third-order valence-electron chi connectivity index (χ3n) is 7.41. The number of hydrogen-bond acceptors (Lipinski definition) is 4. The van der Waals surface area contributed by atoms with Crippen LogP contribution in [0.25, 0.3) is 0 Å². The molecule has 5 amide bonds. The van der Waals surface area contributed by atoms with Crippen LogP contribution in [0.15, 0.2) is 30.3 Å². The molecule has 0 bridgehead atoms. The summed E-state index contributed by atoms with van der Waals surface area (Å²) in [5.41, 5.74) is 1.29. The van der Waals surface area contributed by atoms with Crippen LogP contribution >= 0.6 is 0 Å².